The van der Waals surface area contributed by atoms with Crippen LogP contribution in [-0.4, -0.2) is 21.4 Å². The van der Waals surface area contributed by atoms with Gasteiger partial charge >= 0.3 is 0 Å². The van der Waals surface area contributed by atoms with Gasteiger partial charge in [0.25, 0.3) is 5.69 Å². The normalized spacial score (nSPS) is 17.2. The van der Waals surface area contributed by atoms with Gasteiger partial charge in [-0.05, 0) is 25.0 Å². The Balaban J connectivity index is 2.02. The highest BCUT2D eigenvalue weighted by Crippen LogP contribution is 2.36. The lowest BCUT2D eigenvalue weighted by Gasteiger charge is -2.24. The lowest BCUT2D eigenvalue weighted by atomic mass is 9.98. The first-order chi connectivity index (χ1) is 12.5. The molecule has 1 aliphatic rings. The van der Waals surface area contributed by atoms with Crippen LogP contribution >= 0.6 is 0 Å². The van der Waals surface area contributed by atoms with E-state index in [-0.39, 0.29) is 17.5 Å². The SMILES string of the molecule is CC(=O)/C=C(/C)N1N=C(c2ccccc2)C[C@@H]1c1cccc([N+](=O)[O-])c1. The van der Waals surface area contributed by atoms with Crippen LogP contribution in [0.2, 0.25) is 0 Å². The molecular weight excluding hydrogens is 330 g/mol. The molecule has 2 aromatic rings. The first-order valence-corrected chi connectivity index (χ1v) is 8.31. The number of hydrogen-bond acceptors (Lipinski definition) is 5. The van der Waals surface area contributed by atoms with Crippen molar-refractivity contribution in [1.29, 1.82) is 0 Å². The molecule has 1 heterocycles. The fraction of sp³-hybridized carbons (Fsp3) is 0.200. The summed E-state index contributed by atoms with van der Waals surface area (Å²) in [6.45, 7) is 3.31. The number of hydrogen-bond donors (Lipinski definition) is 0. The lowest BCUT2D eigenvalue weighted by Crippen LogP contribution is -2.18. The zero-order valence-electron chi connectivity index (χ0n) is 14.6. The Kier molecular flexibility index (Phi) is 4.93. The lowest BCUT2D eigenvalue weighted by molar-refractivity contribution is -0.384. The van der Waals surface area contributed by atoms with Crippen molar-refractivity contribution in [3.63, 3.8) is 0 Å². The highest BCUT2D eigenvalue weighted by atomic mass is 16.6. The summed E-state index contributed by atoms with van der Waals surface area (Å²) in [5, 5.41) is 17.6. The van der Waals surface area contributed by atoms with E-state index < -0.39 is 4.92 Å². The van der Waals surface area contributed by atoms with E-state index in [2.05, 4.69) is 0 Å². The summed E-state index contributed by atoms with van der Waals surface area (Å²) in [5.74, 6) is -0.0661. The number of nitrogens with zero attached hydrogens (tertiary/aromatic N) is 3. The Hall–Kier alpha value is -3.28. The molecule has 0 unspecified atom stereocenters. The van der Waals surface area contributed by atoms with Crippen LogP contribution in [0, 0.1) is 10.1 Å². The molecule has 0 amide bonds. The number of nitro benzene ring substituents is 1. The molecule has 0 spiro atoms. The second-order valence-electron chi connectivity index (χ2n) is 6.23. The van der Waals surface area contributed by atoms with Crippen LogP contribution in [-0.2, 0) is 4.79 Å². The number of non-ortho nitro benzene ring substituents is 1. The number of allylic oxidation sites excluding steroid dienone is 2. The minimum absolute atomic E-state index is 0.0452. The predicted molar refractivity (Wildman–Crippen MR) is 99.7 cm³/mol. The predicted octanol–water partition coefficient (Wildman–Crippen LogP) is 4.24. The smallest absolute Gasteiger partial charge is 0.269 e. The molecule has 1 aliphatic heterocycles. The molecule has 132 valence electrons. The first kappa shape index (κ1) is 17.5. The molecule has 0 radical (unpaired) electrons. The Morgan fingerprint density at radius 3 is 2.58 bits per heavy atom. The third kappa shape index (κ3) is 3.69. The van der Waals surface area contributed by atoms with Gasteiger partial charge in [-0.1, -0.05) is 42.5 Å². The number of carbonyl (C=O) groups excluding carboxylic acids is 1. The van der Waals surface area contributed by atoms with Crippen molar-refractivity contribution in [2.24, 2.45) is 5.10 Å². The average Bonchev–Trinajstić information content (AvgIpc) is 3.07. The molecule has 0 saturated heterocycles. The summed E-state index contributed by atoms with van der Waals surface area (Å²) in [6, 6.07) is 16.2. The number of ketones is 1. The molecule has 3 rings (SSSR count). The molecule has 1 atom stereocenters. The van der Waals surface area contributed by atoms with E-state index in [4.69, 9.17) is 5.10 Å². The molecule has 0 saturated carbocycles. The van der Waals surface area contributed by atoms with E-state index in [1.807, 2.05) is 43.3 Å². The molecule has 26 heavy (non-hydrogen) atoms. The highest BCUT2D eigenvalue weighted by molar-refractivity contribution is 6.02. The molecule has 6 heteroatoms. The van der Waals surface area contributed by atoms with Gasteiger partial charge in [-0.3, -0.25) is 19.9 Å². The van der Waals surface area contributed by atoms with Crippen molar-refractivity contribution in [2.45, 2.75) is 26.3 Å². The monoisotopic (exact) mass is 349 g/mol. The summed E-state index contributed by atoms with van der Waals surface area (Å²) in [6.07, 6.45) is 2.13. The van der Waals surface area contributed by atoms with Crippen LogP contribution in [0.4, 0.5) is 5.69 Å². The van der Waals surface area contributed by atoms with Crippen molar-refractivity contribution < 1.29 is 9.72 Å². The number of carbonyl (C=O) groups is 1. The summed E-state index contributed by atoms with van der Waals surface area (Å²) in [5.41, 5.74) is 3.44. The summed E-state index contributed by atoms with van der Waals surface area (Å²) in [4.78, 5) is 22.2. The maximum atomic E-state index is 11.5. The fourth-order valence-electron chi connectivity index (χ4n) is 3.11. The summed E-state index contributed by atoms with van der Waals surface area (Å²) in [7, 11) is 0. The van der Waals surface area contributed by atoms with E-state index in [0.717, 1.165) is 16.8 Å². The standard InChI is InChI=1S/C20H19N3O3/c1-14(11-15(2)24)22-20(17-9-6-10-18(12-17)23(25)26)13-19(21-22)16-7-4-3-5-8-16/h3-12,20H,13H2,1-2H3/b14-11-/t20-/m1/s1. The topological polar surface area (TPSA) is 75.8 Å². The van der Waals surface area contributed by atoms with E-state index in [9.17, 15) is 14.9 Å². The largest absolute Gasteiger partial charge is 0.295 e. The number of nitro groups is 1. The summed E-state index contributed by atoms with van der Waals surface area (Å²) < 4.78 is 0. The highest BCUT2D eigenvalue weighted by Gasteiger charge is 2.30. The van der Waals surface area contributed by atoms with Crippen molar-refractivity contribution in [3.05, 3.63) is 87.6 Å². The van der Waals surface area contributed by atoms with Gasteiger partial charge in [0.1, 0.15) is 0 Å². The van der Waals surface area contributed by atoms with Gasteiger partial charge in [-0.25, -0.2) is 0 Å². The Labute approximate surface area is 151 Å². The van der Waals surface area contributed by atoms with E-state index in [1.165, 1.54) is 19.1 Å². The third-order valence-corrected chi connectivity index (χ3v) is 4.26. The van der Waals surface area contributed by atoms with Crippen LogP contribution in [0.5, 0.6) is 0 Å². The number of hydrazone groups is 1. The minimum atomic E-state index is -0.403. The van der Waals surface area contributed by atoms with Gasteiger partial charge in [-0.15, -0.1) is 0 Å². The Morgan fingerprint density at radius 1 is 1.19 bits per heavy atom. The number of rotatable bonds is 5. The van der Waals surface area contributed by atoms with Gasteiger partial charge in [-0.2, -0.15) is 5.10 Å². The van der Waals surface area contributed by atoms with Crippen LogP contribution in [0.1, 0.15) is 37.4 Å². The van der Waals surface area contributed by atoms with E-state index in [1.54, 1.807) is 17.1 Å². The zero-order chi connectivity index (χ0) is 18.7. The molecule has 0 bridgehead atoms. The Bertz CT molecular complexity index is 904. The molecule has 0 aliphatic carbocycles. The second kappa shape index (κ2) is 7.31. The summed E-state index contributed by atoms with van der Waals surface area (Å²) >= 11 is 0. The molecular formula is C20H19N3O3. The first-order valence-electron chi connectivity index (χ1n) is 8.31. The number of benzene rings is 2. The van der Waals surface area contributed by atoms with Gasteiger partial charge in [0.05, 0.1) is 16.7 Å². The molecule has 0 N–H and O–H groups in total. The van der Waals surface area contributed by atoms with Gasteiger partial charge < -0.3 is 0 Å². The van der Waals surface area contributed by atoms with Gasteiger partial charge in [0.15, 0.2) is 5.78 Å². The fourth-order valence-corrected chi connectivity index (χ4v) is 3.11. The van der Waals surface area contributed by atoms with Crippen molar-refractivity contribution in [2.75, 3.05) is 0 Å². The molecule has 0 fully saturated rings. The molecule has 0 aromatic heterocycles. The maximum Gasteiger partial charge on any atom is 0.269 e. The van der Waals surface area contributed by atoms with Crippen LogP contribution < -0.4 is 0 Å². The van der Waals surface area contributed by atoms with Gasteiger partial charge in [0, 0.05) is 30.3 Å². The van der Waals surface area contributed by atoms with Crippen LogP contribution in [0.15, 0.2) is 71.5 Å². The van der Waals surface area contributed by atoms with Crippen molar-refractivity contribution in [3.8, 4) is 0 Å². The van der Waals surface area contributed by atoms with E-state index in [0.29, 0.717) is 12.1 Å². The zero-order valence-corrected chi connectivity index (χ0v) is 14.6. The van der Waals surface area contributed by atoms with Crippen molar-refractivity contribution >= 4 is 17.2 Å². The molecule has 6 nitrogen and oxygen atoms in total. The van der Waals surface area contributed by atoms with Crippen LogP contribution in [0.25, 0.3) is 0 Å². The van der Waals surface area contributed by atoms with Crippen LogP contribution in [0.3, 0.4) is 0 Å². The average molecular weight is 349 g/mol. The maximum absolute atomic E-state index is 11.5. The Morgan fingerprint density at radius 2 is 1.92 bits per heavy atom. The third-order valence-electron chi connectivity index (χ3n) is 4.26. The van der Waals surface area contributed by atoms with E-state index >= 15 is 0 Å². The minimum Gasteiger partial charge on any atom is -0.295 e. The second-order valence-corrected chi connectivity index (χ2v) is 6.23. The quantitative estimate of drug-likeness (QED) is 0.460. The van der Waals surface area contributed by atoms with Crippen molar-refractivity contribution in [1.82, 2.24) is 5.01 Å². The van der Waals surface area contributed by atoms with Gasteiger partial charge in [0.2, 0.25) is 0 Å². The molecule has 2 aromatic carbocycles.